The van der Waals surface area contributed by atoms with Crippen LogP contribution in [0.15, 0.2) is 16.6 Å². The molecule has 5 heteroatoms. The van der Waals surface area contributed by atoms with Crippen molar-refractivity contribution in [2.75, 3.05) is 33.0 Å². The maximum Gasteiger partial charge on any atom is 0.126 e. The van der Waals surface area contributed by atoms with Gasteiger partial charge in [-0.3, -0.25) is 0 Å². The summed E-state index contributed by atoms with van der Waals surface area (Å²) >= 11 is 3.51. The van der Waals surface area contributed by atoms with Gasteiger partial charge in [-0.1, -0.05) is 22.9 Å². The van der Waals surface area contributed by atoms with Crippen molar-refractivity contribution in [2.24, 2.45) is 0 Å². The average Bonchev–Trinajstić information content (AvgIpc) is 2.38. The lowest BCUT2D eigenvalue weighted by atomic mass is 10.1. The summed E-state index contributed by atoms with van der Waals surface area (Å²) in [6.07, 6.45) is 0. The van der Waals surface area contributed by atoms with Crippen molar-refractivity contribution in [1.82, 2.24) is 5.32 Å². The molecule has 19 heavy (non-hydrogen) atoms. The Balaban J connectivity index is 2.63. The van der Waals surface area contributed by atoms with Gasteiger partial charge in [-0.2, -0.15) is 0 Å². The Kier molecular flexibility index (Phi) is 8.05. The summed E-state index contributed by atoms with van der Waals surface area (Å²) in [5.41, 5.74) is 2.24. The van der Waals surface area contributed by atoms with Gasteiger partial charge in [-0.05, 0) is 31.2 Å². The van der Waals surface area contributed by atoms with Gasteiger partial charge < -0.3 is 19.9 Å². The van der Waals surface area contributed by atoms with E-state index in [4.69, 9.17) is 14.6 Å². The van der Waals surface area contributed by atoms with Crippen molar-refractivity contribution >= 4 is 15.9 Å². The molecule has 0 heterocycles. The van der Waals surface area contributed by atoms with Gasteiger partial charge in [0.25, 0.3) is 0 Å². The van der Waals surface area contributed by atoms with E-state index in [1.54, 1.807) is 0 Å². The number of hydrogen-bond donors (Lipinski definition) is 2. The average molecular weight is 332 g/mol. The number of hydrogen-bond acceptors (Lipinski definition) is 4. The highest BCUT2D eigenvalue weighted by atomic mass is 79.9. The molecule has 0 atom stereocenters. The van der Waals surface area contributed by atoms with E-state index in [1.165, 1.54) is 0 Å². The minimum Gasteiger partial charge on any atom is -0.491 e. The van der Waals surface area contributed by atoms with E-state index in [0.29, 0.717) is 19.8 Å². The van der Waals surface area contributed by atoms with Gasteiger partial charge in [-0.15, -0.1) is 0 Å². The molecule has 2 N–H and O–H groups in total. The van der Waals surface area contributed by atoms with Crippen LogP contribution < -0.4 is 10.1 Å². The monoisotopic (exact) mass is 331 g/mol. The molecule has 1 rings (SSSR count). The van der Waals surface area contributed by atoms with Crippen LogP contribution in [0.25, 0.3) is 0 Å². The third-order valence-corrected chi connectivity index (χ3v) is 3.05. The van der Waals surface area contributed by atoms with E-state index in [0.717, 1.165) is 34.4 Å². The number of halogens is 1. The van der Waals surface area contributed by atoms with Crippen molar-refractivity contribution in [1.29, 1.82) is 0 Å². The maximum absolute atomic E-state index is 8.62. The van der Waals surface area contributed by atoms with Crippen LogP contribution in [0.5, 0.6) is 5.75 Å². The first-order valence-electron chi connectivity index (χ1n) is 6.50. The van der Waals surface area contributed by atoms with Gasteiger partial charge in [0.15, 0.2) is 0 Å². The highest BCUT2D eigenvalue weighted by molar-refractivity contribution is 9.10. The van der Waals surface area contributed by atoms with Crippen molar-refractivity contribution < 1.29 is 14.6 Å². The van der Waals surface area contributed by atoms with Crippen molar-refractivity contribution in [3.8, 4) is 5.75 Å². The Morgan fingerprint density at radius 1 is 1.26 bits per heavy atom. The molecule has 0 fully saturated rings. The summed E-state index contributed by atoms with van der Waals surface area (Å²) in [4.78, 5) is 0. The van der Waals surface area contributed by atoms with E-state index in [9.17, 15) is 0 Å². The highest BCUT2D eigenvalue weighted by Crippen LogP contribution is 2.28. The van der Waals surface area contributed by atoms with Crippen LogP contribution in [-0.4, -0.2) is 38.1 Å². The Hall–Kier alpha value is -0.620. The molecule has 0 saturated carbocycles. The van der Waals surface area contributed by atoms with Gasteiger partial charge >= 0.3 is 0 Å². The SMILES string of the molecule is CCNCc1cc(Br)cc(C)c1OCCOCCO. The van der Waals surface area contributed by atoms with Gasteiger partial charge in [0.2, 0.25) is 0 Å². The van der Waals surface area contributed by atoms with Crippen molar-refractivity contribution in [2.45, 2.75) is 20.4 Å². The second kappa shape index (κ2) is 9.31. The molecule has 0 spiro atoms. The largest absolute Gasteiger partial charge is 0.491 e. The molecule has 0 aliphatic heterocycles. The van der Waals surface area contributed by atoms with Crippen LogP contribution in [0.3, 0.4) is 0 Å². The van der Waals surface area contributed by atoms with Crippen LogP contribution in [-0.2, 0) is 11.3 Å². The molecular weight excluding hydrogens is 310 g/mol. The fraction of sp³-hybridized carbons (Fsp3) is 0.571. The third kappa shape index (κ3) is 5.91. The summed E-state index contributed by atoms with van der Waals surface area (Å²) < 4.78 is 12.0. The second-order valence-electron chi connectivity index (χ2n) is 4.18. The van der Waals surface area contributed by atoms with Gasteiger partial charge in [0, 0.05) is 16.6 Å². The summed E-state index contributed by atoms with van der Waals surface area (Å²) in [6.45, 7) is 7.18. The lowest BCUT2D eigenvalue weighted by molar-refractivity contribution is 0.0701. The second-order valence-corrected chi connectivity index (χ2v) is 5.09. The normalized spacial score (nSPS) is 10.7. The first-order chi connectivity index (χ1) is 9.19. The summed E-state index contributed by atoms with van der Waals surface area (Å²) in [6, 6.07) is 4.11. The summed E-state index contributed by atoms with van der Waals surface area (Å²) in [7, 11) is 0. The summed E-state index contributed by atoms with van der Waals surface area (Å²) in [5, 5.41) is 11.9. The topological polar surface area (TPSA) is 50.7 Å². The van der Waals surface area contributed by atoms with E-state index in [1.807, 2.05) is 13.0 Å². The molecule has 1 aromatic rings. The van der Waals surface area contributed by atoms with Crippen LogP contribution in [0.4, 0.5) is 0 Å². The van der Waals surface area contributed by atoms with Gasteiger partial charge in [-0.25, -0.2) is 0 Å². The van der Waals surface area contributed by atoms with E-state index < -0.39 is 0 Å². The molecule has 4 nitrogen and oxygen atoms in total. The van der Waals surface area contributed by atoms with Gasteiger partial charge in [0.1, 0.15) is 12.4 Å². The molecule has 0 aliphatic carbocycles. The fourth-order valence-electron chi connectivity index (χ4n) is 1.77. The van der Waals surface area contributed by atoms with Crippen molar-refractivity contribution in [3.63, 3.8) is 0 Å². The van der Waals surface area contributed by atoms with Crippen LogP contribution in [0.1, 0.15) is 18.1 Å². The first kappa shape index (κ1) is 16.4. The molecular formula is C14H22BrNO3. The molecule has 0 amide bonds. The molecule has 1 aromatic carbocycles. The van der Waals surface area contributed by atoms with Crippen LogP contribution in [0, 0.1) is 6.92 Å². The standard InChI is InChI=1S/C14H22BrNO3/c1-3-16-10-12-9-13(15)8-11(2)14(12)19-7-6-18-5-4-17/h8-9,16-17H,3-7,10H2,1-2H3. The summed E-state index contributed by atoms with van der Waals surface area (Å²) in [5.74, 6) is 0.914. The number of aliphatic hydroxyl groups is 1. The zero-order valence-corrected chi connectivity index (χ0v) is 13.1. The Morgan fingerprint density at radius 2 is 2.05 bits per heavy atom. The zero-order valence-electron chi connectivity index (χ0n) is 11.5. The molecule has 0 unspecified atom stereocenters. The first-order valence-corrected chi connectivity index (χ1v) is 7.29. The Morgan fingerprint density at radius 3 is 2.74 bits per heavy atom. The Bertz CT molecular complexity index is 385. The number of benzene rings is 1. The number of aliphatic hydroxyl groups excluding tert-OH is 1. The predicted molar refractivity (Wildman–Crippen MR) is 79.7 cm³/mol. The van der Waals surface area contributed by atoms with E-state index >= 15 is 0 Å². The smallest absolute Gasteiger partial charge is 0.126 e. The fourth-order valence-corrected chi connectivity index (χ4v) is 2.39. The van der Waals surface area contributed by atoms with Crippen molar-refractivity contribution in [3.05, 3.63) is 27.7 Å². The zero-order chi connectivity index (χ0) is 14.1. The Labute approximate surface area is 123 Å². The molecule has 0 saturated heterocycles. The third-order valence-electron chi connectivity index (χ3n) is 2.59. The quantitative estimate of drug-likeness (QED) is 0.681. The van der Waals surface area contributed by atoms with E-state index in [2.05, 4.69) is 34.2 Å². The molecule has 0 aromatic heterocycles. The molecule has 108 valence electrons. The van der Waals surface area contributed by atoms with Crippen LogP contribution in [0.2, 0.25) is 0 Å². The lowest BCUT2D eigenvalue weighted by Gasteiger charge is -2.15. The highest BCUT2D eigenvalue weighted by Gasteiger charge is 2.08. The molecule has 0 aliphatic rings. The number of aryl methyl sites for hydroxylation is 1. The van der Waals surface area contributed by atoms with E-state index in [-0.39, 0.29) is 6.61 Å². The number of nitrogens with one attached hydrogen (secondary N) is 1. The maximum atomic E-state index is 8.62. The number of rotatable bonds is 9. The number of ether oxygens (including phenoxy) is 2. The van der Waals surface area contributed by atoms with Crippen LogP contribution >= 0.6 is 15.9 Å². The minimum atomic E-state index is 0.0446. The lowest BCUT2D eigenvalue weighted by Crippen LogP contribution is -2.15. The predicted octanol–water partition coefficient (Wildman–Crippen LogP) is 2.25. The minimum absolute atomic E-state index is 0.0446. The molecule has 0 bridgehead atoms. The van der Waals surface area contributed by atoms with Gasteiger partial charge in [0.05, 0.1) is 19.8 Å². The molecule has 0 radical (unpaired) electrons.